The highest BCUT2D eigenvalue weighted by atomic mass is 16.3. The molecule has 0 bridgehead atoms. The lowest BCUT2D eigenvalue weighted by Crippen LogP contribution is -2.06. The molecule has 6 aromatic heterocycles. The maximum atomic E-state index is 12.3. The number of furan rings is 1. The van der Waals surface area contributed by atoms with Gasteiger partial charge in [-0.3, -0.25) is 0 Å². The normalized spacial score (nSPS) is 12.0. The fourth-order valence-electron chi connectivity index (χ4n) is 12.9. The number of nitriles is 1. The summed E-state index contributed by atoms with van der Waals surface area (Å²) >= 11 is 0. The van der Waals surface area contributed by atoms with Crippen molar-refractivity contribution in [1.29, 1.82) is 5.26 Å². The van der Waals surface area contributed by atoms with Crippen molar-refractivity contribution >= 4 is 109 Å². The van der Waals surface area contributed by atoms with E-state index in [9.17, 15) is 5.26 Å². The molecule has 8 nitrogen and oxygen atoms in total. The Kier molecular flexibility index (Phi) is 9.03. The first-order valence-corrected chi connectivity index (χ1v) is 26.5. The van der Waals surface area contributed by atoms with E-state index in [1.165, 1.54) is 0 Å². The standard InChI is InChI=1S/C71H41N7O/c72-42-55-61(77-57-32-16-12-28-49(57)54-40-63-53(41-64(54)77)48-27-11-15-31-56(48)76(63)46-24-8-3-9-25-46)38-44(68-67-52-30-14-19-35-65(52)79-71(67)74-70(73-68)43-20-4-1-5-21-43)39-62(55)78-58-33-17-10-26-47(58)50-36-37-60-66(69(50)78)51-29-13-18-34-59(51)75(60)45-22-6-2-7-23-45/h1-41H. The Morgan fingerprint density at radius 2 is 0.823 bits per heavy atom. The first kappa shape index (κ1) is 43.3. The molecule has 8 heteroatoms. The Hall–Kier alpha value is -11.0. The molecule has 11 aromatic carbocycles. The Morgan fingerprint density at radius 3 is 1.46 bits per heavy atom. The highest BCUT2D eigenvalue weighted by Gasteiger charge is 2.28. The number of hydrogen-bond donors (Lipinski definition) is 0. The van der Waals surface area contributed by atoms with Crippen LogP contribution < -0.4 is 0 Å². The van der Waals surface area contributed by atoms with E-state index in [0.717, 1.165) is 132 Å². The topological polar surface area (TPSA) is 82.4 Å². The van der Waals surface area contributed by atoms with Crippen molar-refractivity contribution in [3.8, 4) is 51.5 Å². The summed E-state index contributed by atoms with van der Waals surface area (Å²) in [6.45, 7) is 0. The van der Waals surface area contributed by atoms with E-state index in [2.05, 4.69) is 225 Å². The molecule has 17 rings (SSSR count). The van der Waals surface area contributed by atoms with Gasteiger partial charge in [0.05, 0.1) is 66.6 Å². The molecule has 0 N–H and O–H groups in total. The molecule has 0 amide bonds. The molecule has 79 heavy (non-hydrogen) atoms. The quantitative estimate of drug-likeness (QED) is 0.166. The molecule has 0 saturated carbocycles. The Labute approximate surface area is 450 Å². The molecule has 0 aliphatic carbocycles. The molecule has 0 saturated heterocycles. The highest BCUT2D eigenvalue weighted by Crippen LogP contribution is 2.47. The summed E-state index contributed by atoms with van der Waals surface area (Å²) in [7, 11) is 0. The molecule has 0 spiro atoms. The molecular formula is C71H41N7O. The zero-order valence-corrected chi connectivity index (χ0v) is 42.2. The minimum atomic E-state index is 0.485. The summed E-state index contributed by atoms with van der Waals surface area (Å²) < 4.78 is 16.1. The van der Waals surface area contributed by atoms with Crippen LogP contribution in [0.3, 0.4) is 0 Å². The van der Waals surface area contributed by atoms with E-state index in [4.69, 9.17) is 14.4 Å². The van der Waals surface area contributed by atoms with E-state index in [0.29, 0.717) is 28.4 Å². The van der Waals surface area contributed by atoms with Crippen molar-refractivity contribution in [1.82, 2.24) is 28.2 Å². The molecule has 0 atom stereocenters. The van der Waals surface area contributed by atoms with Crippen molar-refractivity contribution in [3.63, 3.8) is 0 Å². The van der Waals surface area contributed by atoms with E-state index in [1.807, 2.05) is 48.5 Å². The summed E-state index contributed by atoms with van der Waals surface area (Å²) in [6.07, 6.45) is 0. The third kappa shape index (κ3) is 6.12. The highest BCUT2D eigenvalue weighted by molar-refractivity contribution is 6.27. The van der Waals surface area contributed by atoms with Crippen molar-refractivity contribution in [2.45, 2.75) is 0 Å². The lowest BCUT2D eigenvalue weighted by Gasteiger charge is -2.19. The second-order valence-corrected chi connectivity index (χ2v) is 20.4. The Morgan fingerprint density at radius 1 is 0.342 bits per heavy atom. The van der Waals surface area contributed by atoms with Crippen LogP contribution in [0, 0.1) is 11.3 Å². The van der Waals surface area contributed by atoms with Gasteiger partial charge < -0.3 is 22.7 Å². The van der Waals surface area contributed by atoms with Gasteiger partial charge >= 0.3 is 0 Å². The fraction of sp³-hybridized carbons (Fsp3) is 0. The maximum absolute atomic E-state index is 12.3. The van der Waals surface area contributed by atoms with Gasteiger partial charge in [0.1, 0.15) is 17.2 Å². The number of hydrogen-bond acceptors (Lipinski definition) is 4. The van der Waals surface area contributed by atoms with Crippen molar-refractivity contribution in [2.24, 2.45) is 0 Å². The average Bonchev–Trinajstić information content (AvgIpc) is 3.94. The number of fused-ring (bicyclic) bond motifs is 16. The van der Waals surface area contributed by atoms with Crippen LogP contribution in [-0.4, -0.2) is 28.2 Å². The zero-order chi connectivity index (χ0) is 51.9. The van der Waals surface area contributed by atoms with Gasteiger partial charge in [-0.2, -0.15) is 10.2 Å². The van der Waals surface area contributed by atoms with E-state index in [-0.39, 0.29) is 0 Å². The van der Waals surface area contributed by atoms with E-state index in [1.54, 1.807) is 0 Å². The van der Waals surface area contributed by atoms with Crippen LogP contribution in [0.4, 0.5) is 0 Å². The smallest absolute Gasteiger partial charge is 0.231 e. The second kappa shape index (κ2) is 16.5. The average molecular weight is 1010 g/mol. The summed E-state index contributed by atoms with van der Waals surface area (Å²) in [5.74, 6) is 0.538. The molecular weight excluding hydrogens is 967 g/mol. The summed E-state index contributed by atoms with van der Waals surface area (Å²) in [4.78, 5) is 10.7. The Balaban J connectivity index is 1.07. The third-order valence-corrected chi connectivity index (χ3v) is 16.2. The Bertz CT molecular complexity index is 5440. The minimum absolute atomic E-state index is 0.485. The van der Waals surface area contributed by atoms with Crippen molar-refractivity contribution in [3.05, 3.63) is 254 Å². The fourth-order valence-corrected chi connectivity index (χ4v) is 12.9. The van der Waals surface area contributed by atoms with Crippen LogP contribution in [0.1, 0.15) is 5.56 Å². The molecule has 6 heterocycles. The lowest BCUT2D eigenvalue weighted by molar-refractivity contribution is 0.653. The largest absolute Gasteiger partial charge is 0.438 e. The van der Waals surface area contributed by atoms with Crippen molar-refractivity contribution < 1.29 is 4.42 Å². The maximum Gasteiger partial charge on any atom is 0.231 e. The molecule has 17 aromatic rings. The van der Waals surface area contributed by atoms with Crippen LogP contribution in [0.25, 0.3) is 155 Å². The number of para-hydroxylation sites is 7. The number of aromatic nitrogens is 6. The predicted octanol–water partition coefficient (Wildman–Crippen LogP) is 18.0. The molecule has 0 aliphatic rings. The first-order chi connectivity index (χ1) is 39.2. The predicted molar refractivity (Wildman–Crippen MR) is 322 cm³/mol. The van der Waals surface area contributed by atoms with Crippen LogP contribution in [-0.2, 0) is 0 Å². The summed E-state index contributed by atoms with van der Waals surface area (Å²) in [5, 5.41) is 22.7. The van der Waals surface area contributed by atoms with Gasteiger partial charge in [0, 0.05) is 71.0 Å². The molecule has 0 radical (unpaired) electrons. The molecule has 0 aliphatic heterocycles. The van der Waals surface area contributed by atoms with Gasteiger partial charge in [-0.15, -0.1) is 0 Å². The number of rotatable bonds is 6. The van der Waals surface area contributed by atoms with Gasteiger partial charge in [-0.1, -0.05) is 164 Å². The molecule has 366 valence electrons. The van der Waals surface area contributed by atoms with E-state index >= 15 is 0 Å². The number of nitrogens with zero attached hydrogens (tertiary/aromatic N) is 7. The number of benzene rings is 11. The first-order valence-electron chi connectivity index (χ1n) is 26.5. The van der Waals surface area contributed by atoms with Gasteiger partial charge in [-0.25, -0.2) is 4.98 Å². The van der Waals surface area contributed by atoms with Gasteiger partial charge in [-0.05, 0) is 84.9 Å². The molecule has 0 fully saturated rings. The lowest BCUT2D eigenvalue weighted by atomic mass is 10.00. The van der Waals surface area contributed by atoms with Crippen LogP contribution in [0.5, 0.6) is 0 Å². The van der Waals surface area contributed by atoms with Crippen molar-refractivity contribution in [2.75, 3.05) is 0 Å². The van der Waals surface area contributed by atoms with Crippen LogP contribution >= 0.6 is 0 Å². The third-order valence-electron chi connectivity index (χ3n) is 16.2. The van der Waals surface area contributed by atoms with Gasteiger partial charge in [0.15, 0.2) is 5.82 Å². The SMILES string of the molecule is N#Cc1c(-n2c3ccccc3c3cc4c(cc32)c2ccccc2n4-c2ccccc2)cc(-c2nc(-c3ccccc3)nc3oc4ccccc4c23)cc1-n1c2ccccc2c2ccc3c(c4ccccc4n3-c3ccccc3)c21. The summed E-state index contributed by atoms with van der Waals surface area (Å²) in [5.41, 5.74) is 16.0. The zero-order valence-electron chi connectivity index (χ0n) is 42.2. The van der Waals surface area contributed by atoms with E-state index < -0.39 is 0 Å². The summed E-state index contributed by atoms with van der Waals surface area (Å²) in [6, 6.07) is 90.3. The molecule has 0 unspecified atom stereocenters. The monoisotopic (exact) mass is 1010 g/mol. The second-order valence-electron chi connectivity index (χ2n) is 20.4. The van der Waals surface area contributed by atoms with Crippen LogP contribution in [0.2, 0.25) is 0 Å². The van der Waals surface area contributed by atoms with Gasteiger partial charge in [0.2, 0.25) is 5.71 Å². The minimum Gasteiger partial charge on any atom is -0.438 e. The van der Waals surface area contributed by atoms with Gasteiger partial charge in [0.25, 0.3) is 0 Å². The van der Waals surface area contributed by atoms with Crippen LogP contribution in [0.15, 0.2) is 253 Å².